The minimum atomic E-state index is 0.0446. The molecular weight excluding hydrogens is 340 g/mol. The van der Waals surface area contributed by atoms with E-state index in [1.165, 1.54) is 0 Å². The standard InChI is InChI=1S/C20H22N6O/c1-14-24-13-17(25(14)2)19-18(22-8-9-23-19)15-5-10-26(11-6-15)20(27)16-4-3-7-21-12-16/h3-4,7-9,12-13,15H,5-6,10-11H2,1-2H3. The summed E-state index contributed by atoms with van der Waals surface area (Å²) >= 11 is 0. The molecule has 1 aliphatic rings. The van der Waals surface area contributed by atoms with E-state index in [2.05, 4.69) is 19.9 Å². The number of carbonyl (C=O) groups is 1. The lowest BCUT2D eigenvalue weighted by Gasteiger charge is -2.32. The molecule has 1 saturated heterocycles. The SMILES string of the molecule is Cc1ncc(-c2nccnc2C2CCN(C(=O)c3cccnc3)CC2)n1C. The van der Waals surface area contributed by atoms with Gasteiger partial charge in [0.25, 0.3) is 5.91 Å². The molecule has 0 bridgehead atoms. The lowest BCUT2D eigenvalue weighted by molar-refractivity contribution is 0.0711. The van der Waals surface area contributed by atoms with Crippen molar-refractivity contribution < 1.29 is 4.79 Å². The van der Waals surface area contributed by atoms with Crippen molar-refractivity contribution in [3.63, 3.8) is 0 Å². The first kappa shape index (κ1) is 17.3. The van der Waals surface area contributed by atoms with Crippen LogP contribution in [-0.4, -0.2) is 48.4 Å². The molecule has 7 heteroatoms. The maximum absolute atomic E-state index is 12.6. The van der Waals surface area contributed by atoms with Crippen LogP contribution in [0.3, 0.4) is 0 Å². The number of aromatic nitrogens is 5. The molecule has 1 fully saturated rings. The normalized spacial score (nSPS) is 15.1. The minimum Gasteiger partial charge on any atom is -0.339 e. The second-order valence-corrected chi connectivity index (χ2v) is 6.85. The Morgan fingerprint density at radius 3 is 2.52 bits per heavy atom. The number of rotatable bonds is 3. The summed E-state index contributed by atoms with van der Waals surface area (Å²) in [5.41, 5.74) is 3.50. The van der Waals surface area contributed by atoms with Crippen molar-refractivity contribution in [2.45, 2.75) is 25.7 Å². The zero-order valence-electron chi connectivity index (χ0n) is 15.5. The Morgan fingerprint density at radius 2 is 1.85 bits per heavy atom. The van der Waals surface area contributed by atoms with Crippen molar-refractivity contribution in [3.05, 3.63) is 60.2 Å². The number of aryl methyl sites for hydroxylation is 1. The van der Waals surface area contributed by atoms with Crippen molar-refractivity contribution in [2.75, 3.05) is 13.1 Å². The van der Waals surface area contributed by atoms with E-state index in [1.54, 1.807) is 30.9 Å². The summed E-state index contributed by atoms with van der Waals surface area (Å²) in [7, 11) is 1.99. The van der Waals surface area contributed by atoms with Gasteiger partial charge in [-0.15, -0.1) is 0 Å². The first-order chi connectivity index (χ1) is 13.1. The number of likely N-dealkylation sites (tertiary alicyclic amines) is 1. The molecule has 4 heterocycles. The molecule has 0 aliphatic carbocycles. The van der Waals surface area contributed by atoms with E-state index in [1.807, 2.05) is 35.7 Å². The molecule has 0 unspecified atom stereocenters. The fourth-order valence-corrected chi connectivity index (χ4v) is 3.59. The third-order valence-electron chi connectivity index (χ3n) is 5.27. The lowest BCUT2D eigenvalue weighted by Crippen LogP contribution is -2.38. The van der Waals surface area contributed by atoms with Gasteiger partial charge < -0.3 is 9.47 Å². The second kappa shape index (κ2) is 7.26. The maximum atomic E-state index is 12.6. The highest BCUT2D eigenvalue weighted by atomic mass is 16.2. The van der Waals surface area contributed by atoms with Crippen LogP contribution in [0, 0.1) is 6.92 Å². The van der Waals surface area contributed by atoms with E-state index in [9.17, 15) is 4.79 Å². The Hall–Kier alpha value is -3.09. The van der Waals surface area contributed by atoms with Crippen molar-refractivity contribution in [3.8, 4) is 11.4 Å². The van der Waals surface area contributed by atoms with Gasteiger partial charge in [-0.1, -0.05) is 0 Å². The smallest absolute Gasteiger partial charge is 0.255 e. The van der Waals surface area contributed by atoms with Crippen molar-refractivity contribution in [1.29, 1.82) is 0 Å². The first-order valence-electron chi connectivity index (χ1n) is 9.14. The highest BCUT2D eigenvalue weighted by Gasteiger charge is 2.28. The number of piperidine rings is 1. The van der Waals surface area contributed by atoms with E-state index in [4.69, 9.17) is 0 Å². The molecule has 0 N–H and O–H groups in total. The van der Waals surface area contributed by atoms with Gasteiger partial charge in [0.2, 0.25) is 0 Å². The number of nitrogens with zero attached hydrogens (tertiary/aromatic N) is 6. The zero-order chi connectivity index (χ0) is 18.8. The average Bonchev–Trinajstić information content (AvgIpc) is 3.07. The largest absolute Gasteiger partial charge is 0.339 e. The van der Waals surface area contributed by atoms with E-state index in [-0.39, 0.29) is 11.8 Å². The number of hydrogen-bond donors (Lipinski definition) is 0. The summed E-state index contributed by atoms with van der Waals surface area (Å²) in [5, 5.41) is 0. The van der Waals surface area contributed by atoms with Gasteiger partial charge in [-0.3, -0.25) is 19.7 Å². The monoisotopic (exact) mass is 362 g/mol. The molecule has 3 aromatic heterocycles. The molecule has 0 spiro atoms. The Morgan fingerprint density at radius 1 is 1.07 bits per heavy atom. The first-order valence-corrected chi connectivity index (χ1v) is 9.14. The zero-order valence-corrected chi connectivity index (χ0v) is 15.5. The predicted molar refractivity (Wildman–Crippen MR) is 101 cm³/mol. The highest BCUT2D eigenvalue weighted by Crippen LogP contribution is 2.33. The molecule has 1 amide bonds. The predicted octanol–water partition coefficient (Wildman–Crippen LogP) is 2.60. The van der Waals surface area contributed by atoms with Gasteiger partial charge >= 0.3 is 0 Å². The summed E-state index contributed by atoms with van der Waals surface area (Å²) in [6, 6.07) is 3.61. The molecule has 0 aromatic carbocycles. The van der Waals surface area contributed by atoms with Gasteiger partial charge in [-0.25, -0.2) is 4.98 Å². The Labute approximate surface area is 158 Å². The van der Waals surface area contributed by atoms with E-state index >= 15 is 0 Å². The van der Waals surface area contributed by atoms with Crippen LogP contribution < -0.4 is 0 Å². The summed E-state index contributed by atoms with van der Waals surface area (Å²) in [6.45, 7) is 3.39. The quantitative estimate of drug-likeness (QED) is 0.716. The van der Waals surface area contributed by atoms with Crippen LogP contribution >= 0.6 is 0 Å². The summed E-state index contributed by atoms with van der Waals surface area (Å²) in [6.07, 6.45) is 10.4. The van der Waals surface area contributed by atoms with Gasteiger partial charge in [0, 0.05) is 50.8 Å². The van der Waals surface area contributed by atoms with Crippen molar-refractivity contribution in [1.82, 2.24) is 29.4 Å². The average molecular weight is 362 g/mol. The van der Waals surface area contributed by atoms with E-state index < -0.39 is 0 Å². The molecular formula is C20H22N6O. The Kier molecular flexibility index (Phi) is 4.66. The van der Waals surface area contributed by atoms with E-state index in [0.717, 1.165) is 35.7 Å². The number of carbonyl (C=O) groups excluding carboxylic acids is 1. The van der Waals surface area contributed by atoms with Crippen LogP contribution in [-0.2, 0) is 7.05 Å². The third kappa shape index (κ3) is 3.32. The molecule has 1 aliphatic heterocycles. The van der Waals surface area contributed by atoms with Gasteiger partial charge in [-0.05, 0) is 31.9 Å². The van der Waals surface area contributed by atoms with Crippen LogP contribution in [0.15, 0.2) is 43.1 Å². The summed E-state index contributed by atoms with van der Waals surface area (Å²) < 4.78 is 2.04. The fourth-order valence-electron chi connectivity index (χ4n) is 3.59. The summed E-state index contributed by atoms with van der Waals surface area (Å²) in [4.78, 5) is 32.2. The highest BCUT2D eigenvalue weighted by molar-refractivity contribution is 5.93. The van der Waals surface area contributed by atoms with Gasteiger partial charge in [-0.2, -0.15) is 0 Å². The van der Waals surface area contributed by atoms with Gasteiger partial charge in [0.1, 0.15) is 11.5 Å². The minimum absolute atomic E-state index is 0.0446. The fraction of sp³-hybridized carbons (Fsp3) is 0.350. The number of pyridine rings is 1. The third-order valence-corrected chi connectivity index (χ3v) is 5.27. The number of imidazole rings is 1. The van der Waals surface area contributed by atoms with E-state index in [0.29, 0.717) is 18.7 Å². The van der Waals surface area contributed by atoms with Crippen molar-refractivity contribution >= 4 is 5.91 Å². The maximum Gasteiger partial charge on any atom is 0.255 e. The van der Waals surface area contributed by atoms with Crippen LogP contribution in [0.25, 0.3) is 11.4 Å². The van der Waals surface area contributed by atoms with Crippen LogP contribution in [0.2, 0.25) is 0 Å². The summed E-state index contributed by atoms with van der Waals surface area (Å²) in [5.74, 6) is 1.27. The second-order valence-electron chi connectivity index (χ2n) is 6.85. The lowest BCUT2D eigenvalue weighted by atomic mass is 9.91. The molecule has 138 valence electrons. The van der Waals surface area contributed by atoms with Gasteiger partial charge in [0.15, 0.2) is 0 Å². The topological polar surface area (TPSA) is 76.8 Å². The molecule has 0 radical (unpaired) electrons. The number of amides is 1. The molecule has 27 heavy (non-hydrogen) atoms. The Bertz CT molecular complexity index is 944. The van der Waals surface area contributed by atoms with Crippen molar-refractivity contribution in [2.24, 2.45) is 7.05 Å². The van der Waals surface area contributed by atoms with Gasteiger partial charge in [0.05, 0.1) is 23.1 Å². The molecule has 3 aromatic rings. The van der Waals surface area contributed by atoms with Crippen LogP contribution in [0.1, 0.15) is 40.6 Å². The number of hydrogen-bond acceptors (Lipinski definition) is 5. The molecule has 0 saturated carbocycles. The molecule has 4 rings (SSSR count). The van der Waals surface area contributed by atoms with Crippen LogP contribution in [0.4, 0.5) is 0 Å². The molecule has 7 nitrogen and oxygen atoms in total. The Balaban J connectivity index is 1.52. The molecule has 0 atom stereocenters. The van der Waals surface area contributed by atoms with Crippen LogP contribution in [0.5, 0.6) is 0 Å².